The zero-order valence-electron chi connectivity index (χ0n) is 8.09. The standard InChI is InChI=1S/C9H20N2/c1-7(8(2)10-3)9-5-6-11(9)4/h7-10H,5-6H2,1-4H3. The molecule has 0 aromatic rings. The largest absolute Gasteiger partial charge is 0.317 e. The quantitative estimate of drug-likeness (QED) is 0.654. The lowest BCUT2D eigenvalue weighted by atomic mass is 9.86. The van der Waals surface area contributed by atoms with Crippen molar-refractivity contribution in [3.05, 3.63) is 0 Å². The van der Waals surface area contributed by atoms with E-state index in [1.54, 1.807) is 0 Å². The van der Waals surface area contributed by atoms with E-state index in [0.717, 1.165) is 12.0 Å². The SMILES string of the molecule is CNC(C)C(C)C1CCN1C. The highest BCUT2D eigenvalue weighted by Gasteiger charge is 2.31. The van der Waals surface area contributed by atoms with Gasteiger partial charge >= 0.3 is 0 Å². The van der Waals surface area contributed by atoms with Crippen LogP contribution in [0.1, 0.15) is 20.3 Å². The maximum Gasteiger partial charge on any atom is 0.0145 e. The summed E-state index contributed by atoms with van der Waals surface area (Å²) >= 11 is 0. The number of likely N-dealkylation sites (tertiary alicyclic amines) is 1. The van der Waals surface area contributed by atoms with Crippen LogP contribution in [0.5, 0.6) is 0 Å². The molecule has 11 heavy (non-hydrogen) atoms. The molecule has 0 aliphatic carbocycles. The molecule has 1 N–H and O–H groups in total. The lowest BCUT2D eigenvalue weighted by Crippen LogP contribution is -2.52. The van der Waals surface area contributed by atoms with Crippen molar-refractivity contribution in [1.82, 2.24) is 10.2 Å². The first-order valence-electron chi connectivity index (χ1n) is 4.54. The lowest BCUT2D eigenvalue weighted by molar-refractivity contribution is 0.0667. The van der Waals surface area contributed by atoms with Crippen LogP contribution in [0.4, 0.5) is 0 Å². The third-order valence-electron chi connectivity index (χ3n) is 3.19. The topological polar surface area (TPSA) is 15.3 Å². The first-order valence-corrected chi connectivity index (χ1v) is 4.54. The van der Waals surface area contributed by atoms with E-state index in [9.17, 15) is 0 Å². The van der Waals surface area contributed by atoms with Crippen LogP contribution >= 0.6 is 0 Å². The van der Waals surface area contributed by atoms with Crippen molar-refractivity contribution in [3.8, 4) is 0 Å². The molecular formula is C9H20N2. The molecule has 1 rings (SSSR count). The van der Waals surface area contributed by atoms with Crippen LogP contribution in [0.25, 0.3) is 0 Å². The van der Waals surface area contributed by atoms with E-state index < -0.39 is 0 Å². The Morgan fingerprint density at radius 3 is 2.36 bits per heavy atom. The molecule has 1 aliphatic heterocycles. The molecule has 1 aliphatic rings. The fourth-order valence-corrected chi connectivity index (χ4v) is 1.80. The molecule has 0 amide bonds. The first-order chi connectivity index (χ1) is 5.16. The highest BCUT2D eigenvalue weighted by molar-refractivity contribution is 4.87. The van der Waals surface area contributed by atoms with Gasteiger partial charge in [0.2, 0.25) is 0 Å². The van der Waals surface area contributed by atoms with Gasteiger partial charge < -0.3 is 10.2 Å². The van der Waals surface area contributed by atoms with Gasteiger partial charge in [-0.15, -0.1) is 0 Å². The third kappa shape index (κ3) is 1.74. The number of nitrogens with one attached hydrogen (secondary N) is 1. The smallest absolute Gasteiger partial charge is 0.0145 e. The van der Waals surface area contributed by atoms with Crippen molar-refractivity contribution in [2.75, 3.05) is 20.6 Å². The molecule has 1 heterocycles. The van der Waals surface area contributed by atoms with E-state index in [1.165, 1.54) is 13.0 Å². The molecule has 2 heteroatoms. The Kier molecular flexibility index (Phi) is 2.90. The van der Waals surface area contributed by atoms with Crippen LogP contribution in [0, 0.1) is 5.92 Å². The van der Waals surface area contributed by atoms with Crippen LogP contribution in [0.15, 0.2) is 0 Å². The molecule has 0 bridgehead atoms. The minimum Gasteiger partial charge on any atom is -0.317 e. The number of hydrogen-bond donors (Lipinski definition) is 1. The average molecular weight is 156 g/mol. The Morgan fingerprint density at radius 2 is 2.09 bits per heavy atom. The fraction of sp³-hybridized carbons (Fsp3) is 1.00. The van der Waals surface area contributed by atoms with Gasteiger partial charge in [-0.1, -0.05) is 6.92 Å². The number of hydrogen-bond acceptors (Lipinski definition) is 2. The molecular weight excluding hydrogens is 136 g/mol. The molecule has 66 valence electrons. The summed E-state index contributed by atoms with van der Waals surface area (Å²) in [7, 11) is 4.26. The molecule has 0 aromatic heterocycles. The zero-order chi connectivity index (χ0) is 8.43. The van der Waals surface area contributed by atoms with E-state index in [-0.39, 0.29) is 0 Å². The highest BCUT2D eigenvalue weighted by atomic mass is 15.2. The summed E-state index contributed by atoms with van der Waals surface area (Å²) in [5.41, 5.74) is 0. The molecule has 2 nitrogen and oxygen atoms in total. The summed E-state index contributed by atoms with van der Waals surface area (Å²) in [5, 5.41) is 3.31. The summed E-state index contributed by atoms with van der Waals surface area (Å²) in [6.45, 7) is 5.88. The fourth-order valence-electron chi connectivity index (χ4n) is 1.80. The van der Waals surface area contributed by atoms with E-state index in [1.807, 2.05) is 7.05 Å². The highest BCUT2D eigenvalue weighted by Crippen LogP contribution is 2.24. The predicted molar refractivity (Wildman–Crippen MR) is 48.7 cm³/mol. The second kappa shape index (κ2) is 3.55. The Labute approximate surface area is 70.0 Å². The van der Waals surface area contributed by atoms with Crippen molar-refractivity contribution in [1.29, 1.82) is 0 Å². The molecule has 3 atom stereocenters. The summed E-state index contributed by atoms with van der Waals surface area (Å²) in [6.07, 6.45) is 1.38. The summed E-state index contributed by atoms with van der Waals surface area (Å²) < 4.78 is 0. The van der Waals surface area contributed by atoms with Gasteiger partial charge in [0.25, 0.3) is 0 Å². The summed E-state index contributed by atoms with van der Waals surface area (Å²) in [4.78, 5) is 2.44. The molecule has 0 aromatic carbocycles. The minimum absolute atomic E-state index is 0.641. The molecule has 0 spiro atoms. The van der Waals surface area contributed by atoms with Crippen LogP contribution in [-0.2, 0) is 0 Å². The van der Waals surface area contributed by atoms with E-state index >= 15 is 0 Å². The predicted octanol–water partition coefficient (Wildman–Crippen LogP) is 0.934. The van der Waals surface area contributed by atoms with Crippen LogP contribution in [0.2, 0.25) is 0 Å². The second-order valence-corrected chi connectivity index (χ2v) is 3.77. The second-order valence-electron chi connectivity index (χ2n) is 3.77. The minimum atomic E-state index is 0.641. The van der Waals surface area contributed by atoms with E-state index in [4.69, 9.17) is 0 Å². The monoisotopic (exact) mass is 156 g/mol. The summed E-state index contributed by atoms with van der Waals surface area (Å²) in [6, 6.07) is 1.46. The number of nitrogens with zero attached hydrogens (tertiary/aromatic N) is 1. The Hall–Kier alpha value is -0.0800. The van der Waals surface area contributed by atoms with Crippen molar-refractivity contribution >= 4 is 0 Å². The van der Waals surface area contributed by atoms with E-state index in [2.05, 4.69) is 31.1 Å². The zero-order valence-corrected chi connectivity index (χ0v) is 8.09. The molecule has 1 saturated heterocycles. The van der Waals surface area contributed by atoms with Gasteiger partial charge in [-0.05, 0) is 39.9 Å². The van der Waals surface area contributed by atoms with Crippen LogP contribution in [0.3, 0.4) is 0 Å². The van der Waals surface area contributed by atoms with Gasteiger partial charge in [0.1, 0.15) is 0 Å². The van der Waals surface area contributed by atoms with Gasteiger partial charge in [0, 0.05) is 12.1 Å². The maximum absolute atomic E-state index is 3.31. The Balaban J connectivity index is 2.34. The van der Waals surface area contributed by atoms with Crippen LogP contribution in [-0.4, -0.2) is 37.6 Å². The average Bonchev–Trinajstić information content (AvgIpc) is 2.00. The van der Waals surface area contributed by atoms with Crippen molar-refractivity contribution < 1.29 is 0 Å². The number of rotatable bonds is 3. The van der Waals surface area contributed by atoms with Crippen molar-refractivity contribution in [2.45, 2.75) is 32.4 Å². The van der Waals surface area contributed by atoms with Gasteiger partial charge in [-0.2, -0.15) is 0 Å². The normalized spacial score (nSPS) is 31.1. The van der Waals surface area contributed by atoms with Gasteiger partial charge in [0.05, 0.1) is 0 Å². The maximum atomic E-state index is 3.31. The molecule has 3 unspecified atom stereocenters. The lowest BCUT2D eigenvalue weighted by Gasteiger charge is -2.43. The van der Waals surface area contributed by atoms with E-state index in [0.29, 0.717) is 6.04 Å². The Bertz CT molecular complexity index is 125. The van der Waals surface area contributed by atoms with Crippen molar-refractivity contribution in [3.63, 3.8) is 0 Å². The third-order valence-corrected chi connectivity index (χ3v) is 3.19. The van der Waals surface area contributed by atoms with Crippen LogP contribution < -0.4 is 5.32 Å². The van der Waals surface area contributed by atoms with Crippen molar-refractivity contribution in [2.24, 2.45) is 5.92 Å². The molecule has 1 fully saturated rings. The van der Waals surface area contributed by atoms with Gasteiger partial charge in [-0.3, -0.25) is 0 Å². The van der Waals surface area contributed by atoms with Gasteiger partial charge in [-0.25, -0.2) is 0 Å². The first kappa shape index (κ1) is 9.01. The van der Waals surface area contributed by atoms with Gasteiger partial charge in [0.15, 0.2) is 0 Å². The molecule has 0 saturated carbocycles. The molecule has 0 radical (unpaired) electrons. The summed E-state index contributed by atoms with van der Waals surface area (Å²) in [5.74, 6) is 0.777. The Morgan fingerprint density at radius 1 is 1.45 bits per heavy atom.